The molecule has 0 radical (unpaired) electrons. The van der Waals surface area contributed by atoms with Crippen molar-refractivity contribution >= 4 is 5.97 Å². The highest BCUT2D eigenvalue weighted by Crippen LogP contribution is 2.16. The molecule has 1 atom stereocenters. The summed E-state index contributed by atoms with van der Waals surface area (Å²) in [4.78, 5) is 12.2. The van der Waals surface area contributed by atoms with Crippen LogP contribution in [0.1, 0.15) is 107 Å². The second-order valence-electron chi connectivity index (χ2n) is 7.28. The van der Waals surface area contributed by atoms with Gasteiger partial charge in [0.05, 0.1) is 5.56 Å². The molecule has 2 nitrogen and oxygen atoms in total. The molecule has 0 fully saturated rings. The Hall–Kier alpha value is -1.31. The largest absolute Gasteiger partial charge is 0.459 e. The van der Waals surface area contributed by atoms with Gasteiger partial charge in [0.25, 0.3) is 0 Å². The van der Waals surface area contributed by atoms with Crippen LogP contribution in [0.2, 0.25) is 0 Å². The summed E-state index contributed by atoms with van der Waals surface area (Å²) in [6.45, 7) is 6.37. The molecule has 0 heterocycles. The van der Waals surface area contributed by atoms with Gasteiger partial charge in [-0.25, -0.2) is 4.79 Å². The maximum absolute atomic E-state index is 12.2. The Morgan fingerprint density at radius 1 is 0.920 bits per heavy atom. The molecule has 142 valence electrons. The summed E-state index contributed by atoms with van der Waals surface area (Å²) in [6.07, 6.45) is 15.3. The molecule has 1 aromatic carbocycles. The summed E-state index contributed by atoms with van der Waals surface area (Å²) in [5.74, 6) is -0.178. The number of unbranched alkanes of at least 4 members (excludes halogenated alkanes) is 9. The monoisotopic (exact) mass is 346 g/mol. The summed E-state index contributed by atoms with van der Waals surface area (Å²) in [7, 11) is 0. The zero-order valence-corrected chi connectivity index (χ0v) is 16.7. The second-order valence-corrected chi connectivity index (χ2v) is 7.28. The molecule has 1 rings (SSSR count). The Morgan fingerprint density at radius 2 is 1.52 bits per heavy atom. The number of ether oxygens (including phenoxy) is 1. The van der Waals surface area contributed by atoms with E-state index in [1.165, 1.54) is 57.8 Å². The SMILES string of the molecule is CCCCCCCCCCCCC(CC)OC(=O)c1cccc(C)c1. The van der Waals surface area contributed by atoms with E-state index in [1.54, 1.807) is 0 Å². The number of hydrogen-bond acceptors (Lipinski definition) is 2. The van der Waals surface area contributed by atoms with Gasteiger partial charge in [0.2, 0.25) is 0 Å². The van der Waals surface area contributed by atoms with Gasteiger partial charge >= 0.3 is 5.97 Å². The first kappa shape index (κ1) is 21.7. The molecule has 0 bridgehead atoms. The van der Waals surface area contributed by atoms with E-state index < -0.39 is 0 Å². The number of carbonyl (C=O) groups excluding carboxylic acids is 1. The van der Waals surface area contributed by atoms with Crippen LogP contribution in [0.25, 0.3) is 0 Å². The van der Waals surface area contributed by atoms with E-state index in [4.69, 9.17) is 4.74 Å². The lowest BCUT2D eigenvalue weighted by Crippen LogP contribution is -2.17. The molecular weight excluding hydrogens is 308 g/mol. The number of esters is 1. The van der Waals surface area contributed by atoms with Crippen molar-refractivity contribution in [3.63, 3.8) is 0 Å². The molecule has 25 heavy (non-hydrogen) atoms. The molecule has 2 heteroatoms. The van der Waals surface area contributed by atoms with Crippen LogP contribution in [0.4, 0.5) is 0 Å². The van der Waals surface area contributed by atoms with Gasteiger partial charge in [-0.15, -0.1) is 0 Å². The third-order valence-electron chi connectivity index (χ3n) is 4.86. The highest BCUT2D eigenvalue weighted by Gasteiger charge is 2.14. The number of hydrogen-bond donors (Lipinski definition) is 0. The van der Waals surface area contributed by atoms with E-state index in [0.29, 0.717) is 5.56 Å². The Bertz CT molecular complexity index is 467. The summed E-state index contributed by atoms with van der Waals surface area (Å²) < 4.78 is 5.68. The van der Waals surface area contributed by atoms with Crippen LogP contribution >= 0.6 is 0 Å². The van der Waals surface area contributed by atoms with Crippen molar-refractivity contribution in [2.75, 3.05) is 0 Å². The van der Waals surface area contributed by atoms with E-state index >= 15 is 0 Å². The average Bonchev–Trinajstić information content (AvgIpc) is 2.62. The van der Waals surface area contributed by atoms with Gasteiger partial charge in [0.15, 0.2) is 0 Å². The smallest absolute Gasteiger partial charge is 0.338 e. The van der Waals surface area contributed by atoms with Crippen molar-refractivity contribution in [2.45, 2.75) is 104 Å². The van der Waals surface area contributed by atoms with Crippen LogP contribution in [-0.2, 0) is 4.74 Å². The fraction of sp³-hybridized carbons (Fsp3) is 0.696. The van der Waals surface area contributed by atoms with Crippen molar-refractivity contribution in [1.82, 2.24) is 0 Å². The third-order valence-corrected chi connectivity index (χ3v) is 4.86. The van der Waals surface area contributed by atoms with Gasteiger partial charge in [-0.05, 0) is 38.3 Å². The van der Waals surface area contributed by atoms with Crippen molar-refractivity contribution in [3.05, 3.63) is 35.4 Å². The van der Waals surface area contributed by atoms with Crippen molar-refractivity contribution in [3.8, 4) is 0 Å². The molecule has 0 amide bonds. The molecule has 0 aliphatic carbocycles. The Morgan fingerprint density at radius 3 is 2.08 bits per heavy atom. The van der Waals surface area contributed by atoms with Crippen LogP contribution in [0.15, 0.2) is 24.3 Å². The predicted molar refractivity (Wildman–Crippen MR) is 107 cm³/mol. The molecule has 0 aliphatic heterocycles. The minimum Gasteiger partial charge on any atom is -0.459 e. The van der Waals surface area contributed by atoms with E-state index in [-0.39, 0.29) is 12.1 Å². The normalized spacial score (nSPS) is 12.1. The van der Waals surface area contributed by atoms with Gasteiger partial charge in [0, 0.05) is 0 Å². The number of benzene rings is 1. The molecule has 0 saturated heterocycles. The summed E-state index contributed by atoms with van der Waals surface area (Å²) >= 11 is 0. The van der Waals surface area contributed by atoms with Gasteiger partial charge in [-0.2, -0.15) is 0 Å². The zero-order chi connectivity index (χ0) is 18.3. The third kappa shape index (κ3) is 10.3. The van der Waals surface area contributed by atoms with E-state index in [9.17, 15) is 4.79 Å². The molecule has 0 N–H and O–H groups in total. The molecule has 0 aliphatic rings. The van der Waals surface area contributed by atoms with Gasteiger partial charge < -0.3 is 4.74 Å². The van der Waals surface area contributed by atoms with Gasteiger partial charge in [0.1, 0.15) is 6.10 Å². The number of rotatable bonds is 14. The lowest BCUT2D eigenvalue weighted by Gasteiger charge is -2.16. The average molecular weight is 347 g/mol. The maximum atomic E-state index is 12.2. The Balaban J connectivity index is 2.11. The highest BCUT2D eigenvalue weighted by molar-refractivity contribution is 5.89. The van der Waals surface area contributed by atoms with E-state index in [1.807, 2.05) is 31.2 Å². The first-order valence-electron chi connectivity index (χ1n) is 10.4. The summed E-state index contributed by atoms with van der Waals surface area (Å²) in [5, 5.41) is 0. The fourth-order valence-corrected chi connectivity index (χ4v) is 3.20. The lowest BCUT2D eigenvalue weighted by molar-refractivity contribution is 0.0267. The number of aryl methyl sites for hydroxylation is 1. The minimum absolute atomic E-state index is 0.0575. The lowest BCUT2D eigenvalue weighted by atomic mass is 10.0. The molecule has 0 spiro atoms. The van der Waals surface area contributed by atoms with Crippen molar-refractivity contribution in [1.29, 1.82) is 0 Å². The molecule has 0 saturated carbocycles. The second kappa shape index (κ2) is 13.9. The van der Waals surface area contributed by atoms with Crippen molar-refractivity contribution in [2.24, 2.45) is 0 Å². The van der Waals surface area contributed by atoms with Crippen LogP contribution in [0, 0.1) is 6.92 Å². The van der Waals surface area contributed by atoms with Crippen LogP contribution in [0.5, 0.6) is 0 Å². The summed E-state index contributed by atoms with van der Waals surface area (Å²) in [5.41, 5.74) is 1.76. The minimum atomic E-state index is -0.178. The predicted octanol–water partition coefficient (Wildman–Crippen LogP) is 7.24. The Kier molecular flexibility index (Phi) is 12.1. The highest BCUT2D eigenvalue weighted by atomic mass is 16.5. The number of carbonyl (C=O) groups is 1. The van der Waals surface area contributed by atoms with Crippen molar-refractivity contribution < 1.29 is 9.53 Å². The maximum Gasteiger partial charge on any atom is 0.338 e. The quantitative estimate of drug-likeness (QED) is 0.262. The molecule has 1 aromatic rings. The van der Waals surface area contributed by atoms with E-state index in [2.05, 4.69) is 13.8 Å². The van der Waals surface area contributed by atoms with E-state index in [0.717, 1.165) is 24.8 Å². The topological polar surface area (TPSA) is 26.3 Å². The molecular formula is C23H38O2. The van der Waals surface area contributed by atoms with Gasteiger partial charge in [-0.1, -0.05) is 89.3 Å². The van der Waals surface area contributed by atoms with Crippen LogP contribution in [-0.4, -0.2) is 12.1 Å². The molecule has 1 unspecified atom stereocenters. The molecule has 0 aromatic heterocycles. The van der Waals surface area contributed by atoms with Crippen LogP contribution in [0.3, 0.4) is 0 Å². The zero-order valence-electron chi connectivity index (χ0n) is 16.7. The first-order valence-corrected chi connectivity index (χ1v) is 10.4. The van der Waals surface area contributed by atoms with Gasteiger partial charge in [-0.3, -0.25) is 0 Å². The Labute approximate surface area is 155 Å². The standard InChI is InChI=1S/C23H38O2/c1-4-6-7-8-9-10-11-12-13-14-18-22(5-2)25-23(24)21-17-15-16-20(3)19-21/h15-17,19,22H,4-14,18H2,1-3H3. The van der Waals surface area contributed by atoms with Crippen LogP contribution < -0.4 is 0 Å². The fourth-order valence-electron chi connectivity index (χ4n) is 3.20. The first-order chi connectivity index (χ1) is 12.2. The summed E-state index contributed by atoms with van der Waals surface area (Å²) in [6, 6.07) is 7.64.